The molecule has 0 aromatic carbocycles. The molecule has 0 saturated carbocycles. The monoisotopic (exact) mass is 1390 g/mol. The number of carbonyl (C=O) groups is 2. The quantitative estimate of drug-likeness (QED) is 0.0527. The van der Waals surface area contributed by atoms with Gasteiger partial charge in [-0.25, -0.2) is 9.59 Å². The molecule has 5 heterocycles. The van der Waals surface area contributed by atoms with E-state index in [1.54, 1.807) is 54.4 Å². The van der Waals surface area contributed by atoms with Gasteiger partial charge in [0.05, 0.1) is 122 Å². The summed E-state index contributed by atoms with van der Waals surface area (Å²) >= 11 is 0. The maximum Gasteiger partial charge on any atom is 0.331 e. The summed E-state index contributed by atoms with van der Waals surface area (Å²) in [5, 5.41) is 94.4. The van der Waals surface area contributed by atoms with Crippen molar-refractivity contribution in [3.63, 3.8) is 0 Å². The molecule has 0 aromatic heterocycles. The van der Waals surface area contributed by atoms with E-state index in [4.69, 9.17) is 47.4 Å². The van der Waals surface area contributed by atoms with Crippen molar-refractivity contribution in [1.82, 2.24) is 0 Å². The minimum Gasteiger partial charge on any atom is -0.458 e. The third kappa shape index (κ3) is 28.1. The van der Waals surface area contributed by atoms with Crippen LogP contribution in [0.2, 0.25) is 0 Å². The van der Waals surface area contributed by atoms with Gasteiger partial charge in [0, 0.05) is 102 Å². The number of esters is 2. The first-order chi connectivity index (χ1) is 46.4. The fraction of sp³-hybridized carbons (Fsp3) is 0.821. The SMILES string of the molecule is CO[C@H]1C[C@H](CC[C@H](C)[C@H](O)[C@H](C)[C@H]2OC(=O)/C=C\C(C)=C\C[C@H](O)C[C@@H]3C=CC[C@@H](C[C@H](OC)[C@@H](C)[C@@H](O)C[C@@H](O)[C@H](C)[C@@H]([C@@H](C)[C@@H](O)[C@@H](C)CC[C@H]4C[C@H](OC)C[C@H](C)O4)OC(=O)/C=C/C(C)=C/C[C@H](O)C[C@H]4C=CC[C@@H](C[C@H](OC)[C@@H](C)[C@@H](O)C[C@@H](O)[C@@H]2C)O4)O3)O[C@@H](C)C1. The van der Waals surface area contributed by atoms with Crippen LogP contribution in [0.4, 0.5) is 0 Å². The molecule has 0 aliphatic carbocycles. The van der Waals surface area contributed by atoms with E-state index in [1.165, 1.54) is 12.2 Å². The largest absolute Gasteiger partial charge is 0.458 e. The van der Waals surface area contributed by atoms with Gasteiger partial charge in [0.2, 0.25) is 0 Å². The molecule has 98 heavy (non-hydrogen) atoms. The van der Waals surface area contributed by atoms with Crippen LogP contribution in [0.3, 0.4) is 0 Å². The normalized spacial score (nSPS) is 41.1. The van der Waals surface area contributed by atoms with Crippen molar-refractivity contribution in [2.45, 2.75) is 333 Å². The van der Waals surface area contributed by atoms with E-state index in [2.05, 4.69) is 0 Å². The average molecular weight is 1390 g/mol. The molecule has 2 saturated heterocycles. The molecule has 5 rings (SSSR count). The van der Waals surface area contributed by atoms with Crippen molar-refractivity contribution in [1.29, 1.82) is 0 Å². The predicted octanol–water partition coefficient (Wildman–Crippen LogP) is 10.1. The molecule has 0 amide bonds. The second-order valence-corrected chi connectivity index (χ2v) is 30.3. The number of allylic oxidation sites excluding steroid dienone is 4. The molecule has 5 aliphatic rings. The molecule has 564 valence electrons. The molecule has 20 nitrogen and oxygen atoms in total. The van der Waals surface area contributed by atoms with Crippen molar-refractivity contribution in [3.8, 4) is 0 Å². The van der Waals surface area contributed by atoms with Gasteiger partial charge in [-0.1, -0.05) is 115 Å². The fourth-order valence-electron chi connectivity index (χ4n) is 15.3. The third-order valence-corrected chi connectivity index (χ3v) is 22.3. The predicted molar refractivity (Wildman–Crippen MR) is 377 cm³/mol. The van der Waals surface area contributed by atoms with Gasteiger partial charge in [-0.2, -0.15) is 0 Å². The number of cyclic esters (lactones) is 2. The lowest BCUT2D eigenvalue weighted by Crippen LogP contribution is -2.45. The number of hydrogen-bond acceptors (Lipinski definition) is 20. The molecule has 30 atom stereocenters. The van der Waals surface area contributed by atoms with Gasteiger partial charge in [-0.3, -0.25) is 0 Å². The molecule has 0 aromatic rings. The molecule has 20 heteroatoms. The van der Waals surface area contributed by atoms with Crippen LogP contribution < -0.4 is 0 Å². The Morgan fingerprint density at radius 3 is 1.15 bits per heavy atom. The number of rotatable bonds is 16. The summed E-state index contributed by atoms with van der Waals surface area (Å²) in [4.78, 5) is 27.8. The highest BCUT2D eigenvalue weighted by Crippen LogP contribution is 2.37. The standard InChI is InChI=1S/C78H132O20/c1-45-23-29-57(79)37-59-19-17-21-61(95-59)41-71(91-15)52(8)68(82)44-70(84)54(10)78(56(12)76(88)48(4)28-32-64-40-66(90-14)36-50(6)94-64)98-74(86)34-26-46(2)24-30-58(80)38-60-20-18-22-62(96-60)42-72(92-16)51(7)67(81)43-69(83)53(9)77(97-73(85)33-25-45)55(11)75(87)47(3)27-31-63-39-65(89-13)35-49(5)93-63/h17-20,23-26,33-34,47-72,75-84,87-88H,21-22,27-32,35-44H2,1-16H3/b33-25-,34-26+,45-23+,46-24+/t47-,48-,49-,50-,51-,52-,53-,54-,55-,56-,57-,58-,59-,60+,61-,62-,63-,64-,65+,66+,67-,68-,69+,70+,71-,72-,75-,76-,77-,78-/m0/s1. The van der Waals surface area contributed by atoms with Crippen molar-refractivity contribution in [2.75, 3.05) is 28.4 Å². The summed E-state index contributed by atoms with van der Waals surface area (Å²) in [6.45, 7) is 22.5. The maximum atomic E-state index is 13.9. The summed E-state index contributed by atoms with van der Waals surface area (Å²) in [5.74, 6) is -5.50. The van der Waals surface area contributed by atoms with E-state index in [9.17, 15) is 50.4 Å². The van der Waals surface area contributed by atoms with Gasteiger partial charge >= 0.3 is 11.9 Å². The number of aliphatic hydroxyl groups is 8. The average Bonchev–Trinajstić information content (AvgIpc) is 0.853. The Morgan fingerprint density at radius 2 is 0.806 bits per heavy atom. The molecule has 0 spiro atoms. The van der Waals surface area contributed by atoms with Gasteiger partial charge in [-0.05, 0) is 129 Å². The zero-order valence-electron chi connectivity index (χ0n) is 62.3. The highest BCUT2D eigenvalue weighted by atomic mass is 16.6. The number of fused-ring (bicyclic) bond motifs is 4. The first-order valence-corrected chi connectivity index (χ1v) is 37.1. The van der Waals surface area contributed by atoms with E-state index in [1.807, 2.05) is 106 Å². The number of carbonyl (C=O) groups excluding carboxylic acids is 2. The summed E-state index contributed by atoms with van der Waals surface area (Å²) < 4.78 is 61.3. The van der Waals surface area contributed by atoms with Gasteiger partial charge < -0.3 is 88.2 Å². The second kappa shape index (κ2) is 43.1. The van der Waals surface area contributed by atoms with E-state index < -0.39 is 133 Å². The van der Waals surface area contributed by atoms with Gasteiger partial charge in [0.1, 0.15) is 12.2 Å². The highest BCUT2D eigenvalue weighted by Gasteiger charge is 2.42. The molecule has 0 unspecified atom stereocenters. The van der Waals surface area contributed by atoms with Gasteiger partial charge in [0.25, 0.3) is 0 Å². The smallest absolute Gasteiger partial charge is 0.331 e. The van der Waals surface area contributed by atoms with Crippen molar-refractivity contribution < 1.29 is 97.8 Å². The van der Waals surface area contributed by atoms with Crippen LogP contribution >= 0.6 is 0 Å². The second-order valence-electron chi connectivity index (χ2n) is 30.3. The Balaban J connectivity index is 1.36. The van der Waals surface area contributed by atoms with Crippen LogP contribution in [0.25, 0.3) is 0 Å². The minimum atomic E-state index is -1.16. The Hall–Kier alpha value is -3.26. The summed E-state index contributed by atoms with van der Waals surface area (Å²) in [6, 6.07) is 0. The van der Waals surface area contributed by atoms with Crippen LogP contribution in [0.1, 0.15) is 199 Å². The number of ether oxygens (including phenoxy) is 10. The van der Waals surface area contributed by atoms with Crippen LogP contribution in [0, 0.1) is 47.3 Å². The summed E-state index contributed by atoms with van der Waals surface area (Å²) in [7, 11) is 6.58. The van der Waals surface area contributed by atoms with Crippen LogP contribution in [-0.4, -0.2) is 216 Å². The summed E-state index contributed by atoms with van der Waals surface area (Å²) in [5.41, 5.74) is 1.39. The lowest BCUT2D eigenvalue weighted by molar-refractivity contribution is -0.158. The molecule has 2 fully saturated rings. The molecular formula is C78H132O20. The highest BCUT2D eigenvalue weighted by molar-refractivity contribution is 5.83. The number of hydrogen-bond donors (Lipinski definition) is 8. The summed E-state index contributed by atoms with van der Waals surface area (Å²) in [6.07, 6.45) is 14.1. The molecule has 8 N–H and O–H groups in total. The van der Waals surface area contributed by atoms with E-state index >= 15 is 0 Å². The molecule has 4 bridgehead atoms. The Morgan fingerprint density at radius 1 is 0.449 bits per heavy atom. The van der Waals surface area contributed by atoms with Crippen molar-refractivity contribution in [2.24, 2.45) is 47.3 Å². The lowest BCUT2D eigenvalue weighted by atomic mass is 9.78. The third-order valence-electron chi connectivity index (χ3n) is 22.3. The van der Waals surface area contributed by atoms with E-state index in [0.29, 0.717) is 62.5 Å². The van der Waals surface area contributed by atoms with E-state index in [0.717, 1.165) is 25.7 Å². The first kappa shape index (κ1) is 85.4. The van der Waals surface area contributed by atoms with Crippen molar-refractivity contribution in [3.05, 3.63) is 71.9 Å². The molecular weight excluding hydrogens is 1260 g/mol. The van der Waals surface area contributed by atoms with Crippen molar-refractivity contribution >= 4 is 11.9 Å². The van der Waals surface area contributed by atoms with Crippen LogP contribution in [0.15, 0.2) is 71.9 Å². The number of aliphatic hydroxyl groups excluding tert-OH is 8. The Bertz CT molecular complexity index is 2320. The Kier molecular flexibility index (Phi) is 37.6. The van der Waals surface area contributed by atoms with Crippen LogP contribution in [-0.2, 0) is 57.0 Å². The van der Waals surface area contributed by atoms with Crippen LogP contribution in [0.5, 0.6) is 0 Å². The van der Waals surface area contributed by atoms with Gasteiger partial charge in [-0.15, -0.1) is 0 Å². The number of methoxy groups -OCH3 is 4. The Labute approximate surface area is 587 Å². The maximum absolute atomic E-state index is 13.9. The molecule has 5 aliphatic heterocycles. The van der Waals surface area contributed by atoms with E-state index in [-0.39, 0.29) is 99.2 Å². The molecule has 0 radical (unpaired) electrons. The zero-order chi connectivity index (χ0) is 72.5. The van der Waals surface area contributed by atoms with Gasteiger partial charge in [0.15, 0.2) is 0 Å². The minimum absolute atomic E-state index is 0.0293. The zero-order valence-corrected chi connectivity index (χ0v) is 62.3. The first-order valence-electron chi connectivity index (χ1n) is 37.1. The topological polar surface area (TPSA) is 288 Å². The lowest BCUT2D eigenvalue weighted by Gasteiger charge is -2.38. The fourth-order valence-corrected chi connectivity index (χ4v) is 15.3.